The van der Waals surface area contributed by atoms with Crippen LogP contribution in [-0.4, -0.2) is 26.8 Å². The average molecular weight is 383 g/mol. The second-order valence-electron chi connectivity index (χ2n) is 4.26. The van der Waals surface area contributed by atoms with Crippen LogP contribution in [0.25, 0.3) is 6.08 Å². The lowest BCUT2D eigenvalue weighted by Gasteiger charge is -1.98. The fourth-order valence-corrected chi connectivity index (χ4v) is 3.24. The van der Waals surface area contributed by atoms with Gasteiger partial charge in [0, 0.05) is 17.9 Å². The van der Waals surface area contributed by atoms with Crippen molar-refractivity contribution in [3.8, 4) is 0 Å². The summed E-state index contributed by atoms with van der Waals surface area (Å²) in [6, 6.07) is 4.28. The number of thioether (sulfide) groups is 1. The zero-order chi connectivity index (χ0) is 17.5. The van der Waals surface area contributed by atoms with E-state index in [-0.39, 0.29) is 10.7 Å². The highest BCUT2D eigenvalue weighted by Crippen LogP contribution is 2.26. The highest BCUT2D eigenvalue weighted by atomic mass is 35.5. The van der Waals surface area contributed by atoms with Gasteiger partial charge in [0.2, 0.25) is 11.0 Å². The van der Waals surface area contributed by atoms with Crippen LogP contribution >= 0.6 is 34.7 Å². The van der Waals surface area contributed by atoms with Gasteiger partial charge in [-0.3, -0.25) is 20.2 Å². The molecular weight excluding hydrogens is 372 g/mol. The maximum absolute atomic E-state index is 11.9. The van der Waals surface area contributed by atoms with Crippen LogP contribution in [0.1, 0.15) is 5.56 Å². The first-order valence-electron chi connectivity index (χ1n) is 6.50. The number of carbonyl (C=O) groups excluding carboxylic acids is 1. The zero-order valence-electron chi connectivity index (χ0n) is 12.1. The zero-order valence-corrected chi connectivity index (χ0v) is 14.5. The summed E-state index contributed by atoms with van der Waals surface area (Å²) >= 11 is 8.45. The number of nitrogens with one attached hydrogen (secondary N) is 1. The van der Waals surface area contributed by atoms with Gasteiger partial charge in [-0.2, -0.15) is 0 Å². The minimum absolute atomic E-state index is 0.0417. The number of anilines is 1. The van der Waals surface area contributed by atoms with Gasteiger partial charge in [-0.05, 0) is 17.7 Å². The fraction of sp³-hybridized carbons (Fsp3) is 0.0714. The molecule has 0 saturated carbocycles. The fourth-order valence-electron chi connectivity index (χ4n) is 1.54. The summed E-state index contributed by atoms with van der Waals surface area (Å²) in [5, 5.41) is 21.6. The van der Waals surface area contributed by atoms with Gasteiger partial charge in [0.05, 0.1) is 4.92 Å². The Hall–Kier alpha value is -2.23. The van der Waals surface area contributed by atoms with Crippen molar-refractivity contribution >= 4 is 57.5 Å². The summed E-state index contributed by atoms with van der Waals surface area (Å²) in [5.74, 6) is 0.293. The van der Waals surface area contributed by atoms with Crippen molar-refractivity contribution in [1.82, 2.24) is 10.2 Å². The van der Waals surface area contributed by atoms with Crippen LogP contribution in [0, 0.1) is 10.1 Å². The Labute approximate surface area is 150 Å². The Morgan fingerprint density at radius 1 is 1.50 bits per heavy atom. The Bertz CT molecular complexity index is 807. The number of carbonyl (C=O) groups is 1. The van der Waals surface area contributed by atoms with E-state index >= 15 is 0 Å². The van der Waals surface area contributed by atoms with E-state index < -0.39 is 10.8 Å². The van der Waals surface area contributed by atoms with E-state index in [9.17, 15) is 14.9 Å². The van der Waals surface area contributed by atoms with E-state index in [2.05, 4.69) is 22.1 Å². The summed E-state index contributed by atoms with van der Waals surface area (Å²) in [6.45, 7) is 3.61. The second kappa shape index (κ2) is 8.57. The summed E-state index contributed by atoms with van der Waals surface area (Å²) < 4.78 is 0.725. The molecule has 7 nitrogen and oxygen atoms in total. The van der Waals surface area contributed by atoms with Crippen LogP contribution in [0.5, 0.6) is 0 Å². The number of nitro benzene ring substituents is 1. The first-order chi connectivity index (χ1) is 11.5. The van der Waals surface area contributed by atoms with E-state index in [1.165, 1.54) is 47.4 Å². The Kier molecular flexibility index (Phi) is 6.47. The van der Waals surface area contributed by atoms with E-state index in [1.807, 2.05) is 0 Å². The summed E-state index contributed by atoms with van der Waals surface area (Å²) in [7, 11) is 0. The van der Waals surface area contributed by atoms with Gasteiger partial charge in [-0.1, -0.05) is 46.8 Å². The molecule has 0 aliphatic heterocycles. The molecule has 0 fully saturated rings. The number of nitro groups is 1. The number of halogens is 1. The van der Waals surface area contributed by atoms with Gasteiger partial charge in [-0.25, -0.2) is 0 Å². The molecular formula is C14H11ClN4O3S2. The van der Waals surface area contributed by atoms with Crippen molar-refractivity contribution in [2.75, 3.05) is 11.1 Å². The SMILES string of the molecule is C=CCSc1nnc(NC(=O)/C=C/c2ccc(Cl)c([N+](=O)[O-])c2)s1. The predicted octanol–water partition coefficient (Wildman–Crippen LogP) is 4.03. The monoisotopic (exact) mass is 382 g/mol. The van der Waals surface area contributed by atoms with Crippen LogP contribution in [0.4, 0.5) is 10.8 Å². The maximum Gasteiger partial charge on any atom is 0.288 e. The molecule has 124 valence electrons. The van der Waals surface area contributed by atoms with Crippen molar-refractivity contribution < 1.29 is 9.72 Å². The molecule has 24 heavy (non-hydrogen) atoms. The van der Waals surface area contributed by atoms with Crippen LogP contribution in [0.15, 0.2) is 41.3 Å². The van der Waals surface area contributed by atoms with Gasteiger partial charge in [0.1, 0.15) is 5.02 Å². The van der Waals surface area contributed by atoms with E-state index in [0.717, 1.165) is 4.34 Å². The number of rotatable bonds is 7. The molecule has 10 heteroatoms. The maximum atomic E-state index is 11.9. The van der Waals surface area contributed by atoms with Gasteiger partial charge in [0.25, 0.3) is 5.69 Å². The average Bonchev–Trinajstić information content (AvgIpc) is 2.99. The molecule has 0 aliphatic rings. The summed E-state index contributed by atoms with van der Waals surface area (Å²) in [6.07, 6.45) is 4.45. The van der Waals surface area contributed by atoms with Crippen molar-refractivity contribution in [3.63, 3.8) is 0 Å². The van der Waals surface area contributed by atoms with Crippen molar-refractivity contribution in [2.45, 2.75) is 4.34 Å². The Morgan fingerprint density at radius 3 is 3.00 bits per heavy atom. The molecule has 1 N–H and O–H groups in total. The molecule has 1 amide bonds. The minimum Gasteiger partial charge on any atom is -0.297 e. The number of hydrogen-bond acceptors (Lipinski definition) is 7. The highest BCUT2D eigenvalue weighted by Gasteiger charge is 2.12. The first-order valence-corrected chi connectivity index (χ1v) is 8.68. The lowest BCUT2D eigenvalue weighted by atomic mass is 10.2. The van der Waals surface area contributed by atoms with E-state index in [0.29, 0.717) is 16.4 Å². The molecule has 0 radical (unpaired) electrons. The largest absolute Gasteiger partial charge is 0.297 e. The molecule has 2 rings (SSSR count). The normalized spacial score (nSPS) is 10.7. The molecule has 0 bridgehead atoms. The minimum atomic E-state index is -0.580. The molecule has 0 atom stereocenters. The van der Waals surface area contributed by atoms with E-state index in [1.54, 1.807) is 12.1 Å². The van der Waals surface area contributed by atoms with Crippen LogP contribution in [-0.2, 0) is 4.79 Å². The lowest BCUT2D eigenvalue weighted by Crippen LogP contribution is -2.07. The molecule has 1 aromatic heterocycles. The molecule has 2 aromatic rings. The predicted molar refractivity (Wildman–Crippen MR) is 96.6 cm³/mol. The number of benzene rings is 1. The van der Waals surface area contributed by atoms with Crippen LogP contribution in [0.2, 0.25) is 5.02 Å². The topological polar surface area (TPSA) is 98.0 Å². The number of amides is 1. The smallest absolute Gasteiger partial charge is 0.288 e. The number of hydrogen-bond donors (Lipinski definition) is 1. The third kappa shape index (κ3) is 5.15. The van der Waals surface area contributed by atoms with E-state index in [4.69, 9.17) is 11.6 Å². The molecule has 0 saturated heterocycles. The van der Waals surface area contributed by atoms with Crippen LogP contribution < -0.4 is 5.32 Å². The van der Waals surface area contributed by atoms with Crippen LogP contribution in [0.3, 0.4) is 0 Å². The molecule has 0 unspecified atom stereocenters. The second-order valence-corrected chi connectivity index (χ2v) is 6.92. The van der Waals surface area contributed by atoms with Crippen molar-refractivity contribution in [2.24, 2.45) is 0 Å². The number of nitrogens with zero attached hydrogens (tertiary/aromatic N) is 3. The van der Waals surface area contributed by atoms with Gasteiger partial charge in [-0.15, -0.1) is 16.8 Å². The lowest BCUT2D eigenvalue weighted by molar-refractivity contribution is -0.384. The summed E-state index contributed by atoms with van der Waals surface area (Å²) in [5.41, 5.74) is 0.271. The third-order valence-electron chi connectivity index (χ3n) is 2.56. The molecule has 0 aliphatic carbocycles. The van der Waals surface area contributed by atoms with Gasteiger partial charge >= 0.3 is 0 Å². The standard InChI is InChI=1S/C14H11ClN4O3S2/c1-2-7-23-14-18-17-13(24-14)16-12(20)6-4-9-3-5-10(15)11(8-9)19(21)22/h2-6,8H,1,7H2,(H,16,17,20)/b6-4+. The molecule has 0 spiro atoms. The quantitative estimate of drug-likeness (QED) is 0.194. The molecule has 1 aromatic carbocycles. The third-order valence-corrected chi connectivity index (χ3v) is 4.84. The van der Waals surface area contributed by atoms with Gasteiger partial charge < -0.3 is 0 Å². The van der Waals surface area contributed by atoms with Crippen molar-refractivity contribution in [1.29, 1.82) is 0 Å². The van der Waals surface area contributed by atoms with Crippen molar-refractivity contribution in [3.05, 3.63) is 57.6 Å². The molecule has 1 heterocycles. The number of aromatic nitrogens is 2. The Morgan fingerprint density at radius 2 is 2.29 bits per heavy atom. The first kappa shape index (κ1) is 18.1. The highest BCUT2D eigenvalue weighted by molar-refractivity contribution is 8.01. The Balaban J connectivity index is 2.00. The van der Waals surface area contributed by atoms with Gasteiger partial charge in [0.15, 0.2) is 4.34 Å². The summed E-state index contributed by atoms with van der Waals surface area (Å²) in [4.78, 5) is 22.1.